The van der Waals surface area contributed by atoms with E-state index >= 15 is 0 Å². The number of rotatable bonds is 11. The topological polar surface area (TPSA) is 52.4 Å². The van der Waals surface area contributed by atoms with Crippen LogP contribution in [-0.4, -0.2) is 25.5 Å². The van der Waals surface area contributed by atoms with Crippen molar-refractivity contribution in [2.24, 2.45) is 0 Å². The van der Waals surface area contributed by atoms with E-state index in [1.165, 1.54) is 6.07 Å². The SMILES string of the molecule is O=[N+]([O-])c1ccccc1COCCCCCC[Si]C(Cl)Cl. The first-order valence-corrected chi connectivity index (χ1v) is 9.08. The van der Waals surface area contributed by atoms with E-state index in [0.717, 1.165) is 31.7 Å². The van der Waals surface area contributed by atoms with E-state index in [1.807, 2.05) is 0 Å². The van der Waals surface area contributed by atoms with Crippen molar-refractivity contribution in [2.75, 3.05) is 6.61 Å². The number of unbranched alkanes of at least 4 members (excludes halogenated alkanes) is 3. The molecule has 0 atom stereocenters. The molecule has 1 rings (SSSR count). The van der Waals surface area contributed by atoms with Crippen LogP contribution in [0.5, 0.6) is 0 Å². The number of halogens is 2. The standard InChI is InChI=1S/C14H19Cl2NO3Si/c15-14(16)21-10-6-2-1-5-9-20-11-12-7-3-4-8-13(12)17(18)19/h3-4,7-8,14H,1-2,5-6,9-11H2. The molecule has 0 aromatic heterocycles. The Labute approximate surface area is 137 Å². The van der Waals surface area contributed by atoms with Gasteiger partial charge in [-0.2, -0.15) is 0 Å². The van der Waals surface area contributed by atoms with Gasteiger partial charge in [-0.05, 0) is 12.5 Å². The van der Waals surface area contributed by atoms with Gasteiger partial charge in [-0.15, -0.1) is 23.2 Å². The van der Waals surface area contributed by atoms with Crippen molar-refractivity contribution in [3.05, 3.63) is 39.9 Å². The van der Waals surface area contributed by atoms with Crippen LogP contribution in [0, 0.1) is 10.1 Å². The summed E-state index contributed by atoms with van der Waals surface area (Å²) in [5.41, 5.74) is 0.745. The number of ether oxygens (including phenoxy) is 1. The molecule has 2 radical (unpaired) electrons. The van der Waals surface area contributed by atoms with Crippen LogP contribution in [0.2, 0.25) is 6.04 Å². The number of para-hydroxylation sites is 1. The summed E-state index contributed by atoms with van der Waals surface area (Å²) in [4.78, 5) is 10.5. The number of alkyl halides is 2. The Kier molecular flexibility index (Phi) is 9.66. The van der Waals surface area contributed by atoms with Crippen LogP contribution in [0.3, 0.4) is 0 Å². The Morgan fingerprint density at radius 2 is 1.90 bits per heavy atom. The minimum Gasteiger partial charge on any atom is -0.377 e. The molecule has 21 heavy (non-hydrogen) atoms. The maximum atomic E-state index is 10.8. The van der Waals surface area contributed by atoms with Crippen molar-refractivity contribution in [1.29, 1.82) is 0 Å². The van der Waals surface area contributed by atoms with Crippen LogP contribution in [0.25, 0.3) is 0 Å². The highest BCUT2D eigenvalue weighted by molar-refractivity contribution is 6.68. The van der Waals surface area contributed by atoms with E-state index in [0.29, 0.717) is 28.3 Å². The monoisotopic (exact) mass is 347 g/mol. The number of hydrogen-bond acceptors (Lipinski definition) is 3. The summed E-state index contributed by atoms with van der Waals surface area (Å²) in [6, 6.07) is 7.75. The van der Waals surface area contributed by atoms with Gasteiger partial charge in [-0.3, -0.25) is 10.1 Å². The summed E-state index contributed by atoms with van der Waals surface area (Å²) in [5.74, 6) is 0. The highest BCUT2D eigenvalue weighted by Gasteiger charge is 2.11. The predicted molar refractivity (Wildman–Crippen MR) is 87.3 cm³/mol. The maximum Gasteiger partial charge on any atom is 0.274 e. The highest BCUT2D eigenvalue weighted by Crippen LogP contribution is 2.18. The zero-order chi connectivity index (χ0) is 15.5. The molecule has 0 saturated heterocycles. The minimum absolute atomic E-state index is 0.121. The average molecular weight is 348 g/mol. The molecule has 7 heteroatoms. The van der Waals surface area contributed by atoms with E-state index in [1.54, 1.807) is 18.2 Å². The summed E-state index contributed by atoms with van der Waals surface area (Å²) in [5, 5.41) is 10.8. The van der Waals surface area contributed by atoms with Gasteiger partial charge in [0.25, 0.3) is 5.69 Å². The normalized spacial score (nSPS) is 11.0. The van der Waals surface area contributed by atoms with E-state index in [2.05, 4.69) is 0 Å². The maximum absolute atomic E-state index is 10.8. The summed E-state index contributed by atoms with van der Waals surface area (Å²) in [6.07, 6.45) is 4.34. The van der Waals surface area contributed by atoms with Crippen molar-refractivity contribution in [1.82, 2.24) is 0 Å². The second kappa shape index (κ2) is 11.0. The Morgan fingerprint density at radius 1 is 1.19 bits per heavy atom. The third-order valence-electron chi connectivity index (χ3n) is 2.96. The van der Waals surface area contributed by atoms with Gasteiger partial charge in [-0.1, -0.05) is 37.4 Å². The van der Waals surface area contributed by atoms with Gasteiger partial charge >= 0.3 is 0 Å². The number of nitro benzene ring substituents is 1. The van der Waals surface area contributed by atoms with Crippen molar-refractivity contribution in [3.8, 4) is 0 Å². The van der Waals surface area contributed by atoms with Crippen molar-refractivity contribution in [2.45, 2.75) is 42.8 Å². The van der Waals surface area contributed by atoms with Gasteiger partial charge < -0.3 is 4.74 Å². The Bertz CT molecular complexity index is 432. The molecule has 0 aliphatic carbocycles. The first-order chi connectivity index (χ1) is 10.1. The lowest BCUT2D eigenvalue weighted by atomic mass is 10.2. The number of nitro groups is 1. The molecule has 0 spiro atoms. The molecular formula is C14H19Cl2NO3Si. The van der Waals surface area contributed by atoms with Gasteiger partial charge in [-0.25, -0.2) is 0 Å². The molecule has 0 aliphatic heterocycles. The first-order valence-electron chi connectivity index (χ1n) is 6.93. The molecule has 1 aromatic rings. The molecule has 0 bridgehead atoms. The lowest BCUT2D eigenvalue weighted by Crippen LogP contribution is -2.01. The smallest absolute Gasteiger partial charge is 0.274 e. The fourth-order valence-corrected chi connectivity index (χ4v) is 3.21. The number of nitrogens with zero attached hydrogens (tertiary/aromatic N) is 1. The molecule has 0 heterocycles. The van der Waals surface area contributed by atoms with E-state index in [9.17, 15) is 10.1 Å². The van der Waals surface area contributed by atoms with Gasteiger partial charge in [0.2, 0.25) is 0 Å². The average Bonchev–Trinajstić information content (AvgIpc) is 2.45. The van der Waals surface area contributed by atoms with Crippen LogP contribution in [0.1, 0.15) is 31.2 Å². The molecule has 0 fully saturated rings. The molecule has 1 aromatic carbocycles. The largest absolute Gasteiger partial charge is 0.377 e. The molecule has 4 nitrogen and oxygen atoms in total. The lowest BCUT2D eigenvalue weighted by Gasteiger charge is -2.05. The molecule has 0 unspecified atom stereocenters. The van der Waals surface area contributed by atoms with Gasteiger partial charge in [0, 0.05) is 12.7 Å². The summed E-state index contributed by atoms with van der Waals surface area (Å²) >= 11 is 11.3. The van der Waals surface area contributed by atoms with Crippen molar-refractivity contribution in [3.63, 3.8) is 0 Å². The van der Waals surface area contributed by atoms with E-state index < -0.39 is 0 Å². The van der Waals surface area contributed by atoms with Crippen molar-refractivity contribution >= 4 is 38.4 Å². The second-order valence-corrected chi connectivity index (χ2v) is 7.92. The third kappa shape index (κ3) is 8.41. The molecule has 0 saturated carbocycles. The summed E-state index contributed by atoms with van der Waals surface area (Å²) in [6.45, 7) is 0.917. The summed E-state index contributed by atoms with van der Waals surface area (Å²) < 4.78 is 5.28. The highest BCUT2D eigenvalue weighted by atomic mass is 35.5. The molecule has 0 aliphatic rings. The van der Waals surface area contributed by atoms with Crippen LogP contribution in [0.4, 0.5) is 5.69 Å². The lowest BCUT2D eigenvalue weighted by molar-refractivity contribution is -0.385. The Balaban J connectivity index is 2.08. The third-order valence-corrected chi connectivity index (χ3v) is 4.84. The fourth-order valence-electron chi connectivity index (χ4n) is 1.89. The molecular weight excluding hydrogens is 329 g/mol. The van der Waals surface area contributed by atoms with Crippen molar-refractivity contribution < 1.29 is 9.66 Å². The second-order valence-electron chi connectivity index (χ2n) is 4.61. The zero-order valence-corrected chi connectivity index (χ0v) is 14.3. The minimum atomic E-state index is -0.375. The summed E-state index contributed by atoms with van der Waals surface area (Å²) in [7, 11) is 0.614. The molecule has 0 amide bonds. The van der Waals surface area contributed by atoms with Gasteiger partial charge in [0.15, 0.2) is 0 Å². The fraction of sp³-hybridized carbons (Fsp3) is 0.571. The Hall–Kier alpha value is -0.623. The number of benzene rings is 1. The van der Waals surface area contributed by atoms with E-state index in [-0.39, 0.29) is 15.1 Å². The van der Waals surface area contributed by atoms with Crippen LogP contribution >= 0.6 is 23.2 Å². The predicted octanol–water partition coefficient (Wildman–Crippen LogP) is 4.56. The van der Waals surface area contributed by atoms with Crippen LogP contribution in [-0.2, 0) is 11.3 Å². The van der Waals surface area contributed by atoms with Gasteiger partial charge in [0.05, 0.1) is 31.1 Å². The van der Waals surface area contributed by atoms with E-state index in [4.69, 9.17) is 27.9 Å². The molecule has 116 valence electrons. The zero-order valence-electron chi connectivity index (χ0n) is 11.8. The van der Waals surface area contributed by atoms with Crippen LogP contribution in [0.15, 0.2) is 24.3 Å². The number of hydrogen-bond donors (Lipinski definition) is 0. The van der Waals surface area contributed by atoms with Gasteiger partial charge in [0.1, 0.15) is 0 Å². The van der Waals surface area contributed by atoms with Crippen LogP contribution < -0.4 is 0 Å². The first kappa shape index (κ1) is 18.4. The quantitative estimate of drug-likeness (QED) is 0.194. The Morgan fingerprint density at radius 3 is 2.62 bits per heavy atom. The molecule has 0 N–H and O–H groups in total.